The van der Waals surface area contributed by atoms with Crippen molar-refractivity contribution in [3.05, 3.63) is 18.5 Å². The first-order valence-corrected chi connectivity index (χ1v) is 4.16. The van der Waals surface area contributed by atoms with Gasteiger partial charge in [0.1, 0.15) is 0 Å². The number of nitrogens with zero attached hydrogens (tertiary/aromatic N) is 3. The second kappa shape index (κ2) is 3.57. The van der Waals surface area contributed by atoms with Crippen molar-refractivity contribution in [2.24, 2.45) is 0 Å². The van der Waals surface area contributed by atoms with Crippen LogP contribution in [0.25, 0.3) is 0 Å². The van der Waals surface area contributed by atoms with Crippen LogP contribution < -0.4 is 0 Å². The summed E-state index contributed by atoms with van der Waals surface area (Å²) in [6, 6.07) is 1.48. The molecule has 1 aromatic rings. The summed E-state index contributed by atoms with van der Waals surface area (Å²) in [4.78, 5) is 13.3. The van der Waals surface area contributed by atoms with Crippen LogP contribution in [0.5, 0.6) is 0 Å². The summed E-state index contributed by atoms with van der Waals surface area (Å²) in [6.07, 6.45) is 4.25. The lowest BCUT2D eigenvalue weighted by Crippen LogP contribution is -2.43. The van der Waals surface area contributed by atoms with Gasteiger partial charge in [-0.25, -0.2) is 4.79 Å². The minimum absolute atomic E-state index is 0.131. The monoisotopic (exact) mass is 180 g/mol. The number of hydrogen-bond donors (Lipinski definition) is 0. The number of ether oxygens (including phenoxy) is 1. The van der Waals surface area contributed by atoms with Crippen molar-refractivity contribution in [2.45, 2.75) is 0 Å². The molecule has 1 aromatic heterocycles. The third kappa shape index (κ3) is 1.70. The Morgan fingerprint density at radius 2 is 2.23 bits per heavy atom. The van der Waals surface area contributed by atoms with Crippen LogP contribution in [0.4, 0.5) is 4.79 Å². The van der Waals surface area contributed by atoms with Crippen molar-refractivity contribution < 1.29 is 9.53 Å². The number of rotatable bonds is 0. The Morgan fingerprint density at radius 3 is 2.85 bits per heavy atom. The molecule has 0 aromatic carbocycles. The van der Waals surface area contributed by atoms with Crippen LogP contribution in [0, 0.1) is 6.20 Å². The molecule has 0 saturated carbocycles. The largest absolute Gasteiger partial charge is 0.378 e. The van der Waals surface area contributed by atoms with Crippen molar-refractivity contribution in [3.63, 3.8) is 0 Å². The third-order valence-electron chi connectivity index (χ3n) is 1.92. The van der Waals surface area contributed by atoms with Gasteiger partial charge in [-0.2, -0.15) is 9.78 Å². The highest BCUT2D eigenvalue weighted by Crippen LogP contribution is 1.99. The first-order chi connectivity index (χ1) is 6.38. The number of aromatic nitrogens is 2. The Bertz CT molecular complexity index is 278. The van der Waals surface area contributed by atoms with Gasteiger partial charge in [-0.1, -0.05) is 0 Å². The lowest BCUT2D eigenvalue weighted by atomic mass is 10.4. The zero-order valence-corrected chi connectivity index (χ0v) is 7.14. The molecule has 0 atom stereocenters. The maximum atomic E-state index is 11.6. The molecule has 0 N–H and O–H groups in total. The standard InChI is InChI=1S/C8H10N3O2/c12-8(11-3-1-2-9-11)10-4-6-13-7-5-10/h1-2H,4-7H2. The van der Waals surface area contributed by atoms with Gasteiger partial charge in [0.2, 0.25) is 0 Å². The van der Waals surface area contributed by atoms with E-state index in [1.165, 1.54) is 4.68 Å². The molecule has 1 aliphatic heterocycles. The number of morpholine rings is 1. The molecule has 0 bridgehead atoms. The highest BCUT2D eigenvalue weighted by atomic mass is 16.5. The molecule has 5 nitrogen and oxygen atoms in total. The van der Waals surface area contributed by atoms with Gasteiger partial charge in [-0.3, -0.25) is 0 Å². The molecular formula is C8H10N3O2. The second-order valence-electron chi connectivity index (χ2n) is 2.75. The molecule has 1 amide bonds. The van der Waals surface area contributed by atoms with Gasteiger partial charge >= 0.3 is 6.03 Å². The summed E-state index contributed by atoms with van der Waals surface area (Å²) in [5, 5.41) is 3.82. The van der Waals surface area contributed by atoms with Crippen molar-refractivity contribution in [2.75, 3.05) is 26.3 Å². The van der Waals surface area contributed by atoms with Crippen LogP contribution >= 0.6 is 0 Å². The smallest absolute Gasteiger partial charge is 0.345 e. The predicted molar refractivity (Wildman–Crippen MR) is 44.2 cm³/mol. The van der Waals surface area contributed by atoms with Crippen molar-refractivity contribution in [1.29, 1.82) is 0 Å². The first-order valence-electron chi connectivity index (χ1n) is 4.16. The quantitative estimate of drug-likeness (QED) is 0.564. The predicted octanol–water partition coefficient (Wildman–Crippen LogP) is -0.0164. The Hall–Kier alpha value is -1.36. The minimum Gasteiger partial charge on any atom is -0.378 e. The van der Waals surface area contributed by atoms with Gasteiger partial charge < -0.3 is 9.64 Å². The molecule has 5 heteroatoms. The Balaban J connectivity index is 2.04. The van der Waals surface area contributed by atoms with E-state index in [-0.39, 0.29) is 6.03 Å². The molecule has 2 rings (SSSR count). The summed E-state index contributed by atoms with van der Waals surface area (Å²) in [7, 11) is 0. The topological polar surface area (TPSA) is 47.4 Å². The van der Waals surface area contributed by atoms with Crippen molar-refractivity contribution in [3.8, 4) is 0 Å². The average Bonchev–Trinajstić information content (AvgIpc) is 2.71. The van der Waals surface area contributed by atoms with Gasteiger partial charge in [-0.15, -0.1) is 0 Å². The Labute approximate surface area is 75.9 Å². The van der Waals surface area contributed by atoms with E-state index in [1.807, 2.05) is 0 Å². The van der Waals surface area contributed by atoms with Crippen LogP contribution in [0.3, 0.4) is 0 Å². The number of hydrogen-bond acceptors (Lipinski definition) is 3. The maximum absolute atomic E-state index is 11.6. The van der Waals surface area contributed by atoms with Gasteiger partial charge in [0.05, 0.1) is 25.6 Å². The van der Waals surface area contributed by atoms with E-state index in [9.17, 15) is 4.79 Å². The Morgan fingerprint density at radius 1 is 1.46 bits per heavy atom. The third-order valence-corrected chi connectivity index (χ3v) is 1.92. The van der Waals surface area contributed by atoms with Gasteiger partial charge in [0.25, 0.3) is 0 Å². The molecule has 2 heterocycles. The molecular weight excluding hydrogens is 170 g/mol. The molecule has 1 aliphatic rings. The lowest BCUT2D eigenvalue weighted by molar-refractivity contribution is 0.0528. The van der Waals surface area contributed by atoms with E-state index in [0.29, 0.717) is 26.3 Å². The van der Waals surface area contributed by atoms with Crippen LogP contribution in [-0.4, -0.2) is 47.0 Å². The summed E-state index contributed by atoms with van der Waals surface area (Å²) >= 11 is 0. The molecule has 13 heavy (non-hydrogen) atoms. The highest BCUT2D eigenvalue weighted by Gasteiger charge is 2.18. The summed E-state index contributed by atoms with van der Waals surface area (Å²) in [5.74, 6) is 0. The fourth-order valence-corrected chi connectivity index (χ4v) is 1.23. The van der Waals surface area contributed by atoms with Crippen LogP contribution in [0.15, 0.2) is 12.3 Å². The Kier molecular flexibility index (Phi) is 2.27. The van der Waals surface area contributed by atoms with E-state index in [2.05, 4.69) is 11.3 Å². The van der Waals surface area contributed by atoms with Gasteiger partial charge in [-0.05, 0) is 6.07 Å². The fraction of sp³-hybridized carbons (Fsp3) is 0.500. The maximum Gasteiger partial charge on any atom is 0.345 e. The van der Waals surface area contributed by atoms with Gasteiger partial charge in [0.15, 0.2) is 0 Å². The van der Waals surface area contributed by atoms with E-state index in [4.69, 9.17) is 4.74 Å². The second-order valence-corrected chi connectivity index (χ2v) is 2.75. The number of carbonyl (C=O) groups excluding carboxylic acids is 1. The summed E-state index contributed by atoms with van der Waals surface area (Å²) in [6.45, 7) is 2.47. The molecule has 1 radical (unpaired) electrons. The van der Waals surface area contributed by atoms with E-state index in [0.717, 1.165) is 0 Å². The average molecular weight is 180 g/mol. The molecule has 0 aliphatic carbocycles. The zero-order chi connectivity index (χ0) is 9.10. The van der Waals surface area contributed by atoms with Crippen molar-refractivity contribution in [1.82, 2.24) is 14.7 Å². The van der Waals surface area contributed by atoms with E-state index in [1.54, 1.807) is 17.2 Å². The molecule has 1 fully saturated rings. The number of carbonyl (C=O) groups is 1. The molecule has 1 saturated heterocycles. The highest BCUT2D eigenvalue weighted by molar-refractivity contribution is 5.75. The summed E-state index contributed by atoms with van der Waals surface area (Å²) in [5.41, 5.74) is 0. The van der Waals surface area contributed by atoms with Crippen LogP contribution in [-0.2, 0) is 4.74 Å². The van der Waals surface area contributed by atoms with E-state index >= 15 is 0 Å². The fourth-order valence-electron chi connectivity index (χ4n) is 1.23. The normalized spacial score (nSPS) is 17.4. The van der Waals surface area contributed by atoms with E-state index < -0.39 is 0 Å². The van der Waals surface area contributed by atoms with Crippen molar-refractivity contribution >= 4 is 6.03 Å². The lowest BCUT2D eigenvalue weighted by Gasteiger charge is -2.25. The van der Waals surface area contributed by atoms with Crippen LogP contribution in [0.1, 0.15) is 0 Å². The molecule has 0 unspecified atom stereocenters. The first kappa shape index (κ1) is 8.25. The number of amides is 1. The zero-order valence-electron chi connectivity index (χ0n) is 7.14. The molecule has 0 spiro atoms. The van der Waals surface area contributed by atoms with Crippen LogP contribution in [0.2, 0.25) is 0 Å². The molecule has 69 valence electrons. The minimum atomic E-state index is -0.131. The SMILES string of the molecule is O=C(N1CCOCC1)n1[c]ccn1. The summed E-state index contributed by atoms with van der Waals surface area (Å²) < 4.78 is 6.35. The van der Waals surface area contributed by atoms with Gasteiger partial charge in [0, 0.05) is 13.1 Å².